The smallest absolute Gasteiger partial charge is 0.191 e. The third-order valence-electron chi connectivity index (χ3n) is 4.75. The van der Waals surface area contributed by atoms with Gasteiger partial charge in [-0.2, -0.15) is 0 Å². The molecule has 1 fully saturated rings. The van der Waals surface area contributed by atoms with Crippen LogP contribution in [0.4, 0.5) is 0 Å². The lowest BCUT2D eigenvalue weighted by Crippen LogP contribution is -2.46. The molecule has 2 N–H and O–H groups in total. The maximum atomic E-state index is 5.53. The molecule has 1 unspecified atom stereocenters. The van der Waals surface area contributed by atoms with Crippen LogP contribution in [-0.4, -0.2) is 64.4 Å². The Morgan fingerprint density at radius 1 is 1.19 bits per heavy atom. The normalized spacial score (nSPS) is 16.3. The van der Waals surface area contributed by atoms with E-state index in [1.165, 1.54) is 24.8 Å². The summed E-state index contributed by atoms with van der Waals surface area (Å²) in [6, 6.07) is 8.64. The van der Waals surface area contributed by atoms with Crippen molar-refractivity contribution in [1.82, 2.24) is 15.5 Å². The van der Waals surface area contributed by atoms with Crippen LogP contribution in [-0.2, 0) is 4.74 Å². The van der Waals surface area contributed by atoms with Crippen molar-refractivity contribution in [3.05, 3.63) is 29.8 Å². The number of aliphatic imine (C=N–C) groups is 1. The van der Waals surface area contributed by atoms with Crippen LogP contribution in [0.15, 0.2) is 29.3 Å². The zero-order valence-electron chi connectivity index (χ0n) is 16.9. The predicted molar refractivity (Wildman–Crippen MR) is 122 cm³/mol. The van der Waals surface area contributed by atoms with E-state index in [1.807, 2.05) is 19.2 Å². The zero-order chi connectivity index (χ0) is 18.6. The molecule has 6 nitrogen and oxygen atoms in total. The number of nitrogens with one attached hydrogen (secondary N) is 2. The average Bonchev–Trinajstić information content (AvgIpc) is 2.71. The molecule has 1 atom stereocenters. The van der Waals surface area contributed by atoms with Crippen LogP contribution >= 0.6 is 24.0 Å². The number of halogens is 1. The van der Waals surface area contributed by atoms with Gasteiger partial charge in [0.25, 0.3) is 0 Å². The van der Waals surface area contributed by atoms with Crippen LogP contribution in [0.5, 0.6) is 5.75 Å². The fraction of sp³-hybridized carbons (Fsp3) is 0.650. The topological polar surface area (TPSA) is 58.1 Å². The molecule has 1 heterocycles. The van der Waals surface area contributed by atoms with Crippen molar-refractivity contribution in [2.75, 3.05) is 53.6 Å². The van der Waals surface area contributed by atoms with Crippen molar-refractivity contribution in [1.29, 1.82) is 0 Å². The molecule has 154 valence electrons. The van der Waals surface area contributed by atoms with Crippen molar-refractivity contribution in [2.24, 2.45) is 4.99 Å². The number of nitrogens with zero attached hydrogens (tertiary/aromatic N) is 2. The monoisotopic (exact) mass is 490 g/mol. The van der Waals surface area contributed by atoms with Gasteiger partial charge in [0.15, 0.2) is 5.96 Å². The Morgan fingerprint density at radius 2 is 1.89 bits per heavy atom. The minimum Gasteiger partial charge on any atom is -0.497 e. The second kappa shape index (κ2) is 14.0. The third kappa shape index (κ3) is 8.23. The standard InChI is InChI=1S/C20H34N4O2.HI/c1-4-5-6-11-22-20(21-2)23-16-19(24-12-14-26-15-13-24)17-7-9-18(25-3)10-8-17;/h7-10,19H,4-6,11-16H2,1-3H3,(H2,21,22,23);1H. The number of unbranched alkanes of at least 4 members (excludes halogenated alkanes) is 2. The lowest BCUT2D eigenvalue weighted by Gasteiger charge is -2.35. The molecule has 1 aliphatic rings. The van der Waals surface area contributed by atoms with Crippen LogP contribution in [0.3, 0.4) is 0 Å². The molecule has 0 aromatic heterocycles. The first kappa shape index (κ1) is 24.0. The van der Waals surface area contributed by atoms with E-state index in [0.717, 1.165) is 51.1 Å². The van der Waals surface area contributed by atoms with E-state index < -0.39 is 0 Å². The summed E-state index contributed by atoms with van der Waals surface area (Å²) in [5, 5.41) is 6.90. The highest BCUT2D eigenvalue weighted by Gasteiger charge is 2.23. The molecule has 2 rings (SSSR count). The molecule has 0 radical (unpaired) electrons. The van der Waals surface area contributed by atoms with Crippen LogP contribution in [0.25, 0.3) is 0 Å². The van der Waals surface area contributed by atoms with Crippen LogP contribution in [0.1, 0.15) is 37.8 Å². The summed E-state index contributed by atoms with van der Waals surface area (Å²) < 4.78 is 10.8. The van der Waals surface area contributed by atoms with Crippen molar-refractivity contribution in [3.63, 3.8) is 0 Å². The highest BCUT2D eigenvalue weighted by molar-refractivity contribution is 14.0. The van der Waals surface area contributed by atoms with E-state index in [0.29, 0.717) is 0 Å². The Bertz CT molecular complexity index is 533. The van der Waals surface area contributed by atoms with Gasteiger partial charge in [0.05, 0.1) is 26.4 Å². The maximum absolute atomic E-state index is 5.53. The van der Waals surface area contributed by atoms with Gasteiger partial charge in [-0.3, -0.25) is 9.89 Å². The maximum Gasteiger partial charge on any atom is 0.191 e. The summed E-state index contributed by atoms with van der Waals surface area (Å²) in [7, 11) is 3.52. The Kier molecular flexibility index (Phi) is 12.4. The van der Waals surface area contributed by atoms with Crippen molar-refractivity contribution >= 4 is 29.9 Å². The molecule has 1 aromatic rings. The molecule has 0 aliphatic carbocycles. The number of benzene rings is 1. The molecule has 1 aliphatic heterocycles. The highest BCUT2D eigenvalue weighted by Crippen LogP contribution is 2.23. The van der Waals surface area contributed by atoms with E-state index in [1.54, 1.807) is 7.11 Å². The molecule has 27 heavy (non-hydrogen) atoms. The summed E-state index contributed by atoms with van der Waals surface area (Å²) in [6.07, 6.45) is 3.64. The molecular formula is C20H35IN4O2. The summed E-state index contributed by atoms with van der Waals surface area (Å²) >= 11 is 0. The molecule has 0 bridgehead atoms. The van der Waals surface area contributed by atoms with Gasteiger partial charge in [-0.05, 0) is 24.1 Å². The van der Waals surface area contributed by atoms with E-state index >= 15 is 0 Å². The highest BCUT2D eigenvalue weighted by atomic mass is 127. The predicted octanol–water partition coefficient (Wildman–Crippen LogP) is 3.04. The number of guanidine groups is 1. The van der Waals surface area contributed by atoms with Gasteiger partial charge >= 0.3 is 0 Å². The van der Waals surface area contributed by atoms with E-state index in [-0.39, 0.29) is 30.0 Å². The minimum absolute atomic E-state index is 0. The zero-order valence-corrected chi connectivity index (χ0v) is 19.2. The fourth-order valence-electron chi connectivity index (χ4n) is 3.17. The lowest BCUT2D eigenvalue weighted by atomic mass is 10.0. The van der Waals surface area contributed by atoms with E-state index in [4.69, 9.17) is 9.47 Å². The van der Waals surface area contributed by atoms with Crippen LogP contribution < -0.4 is 15.4 Å². The van der Waals surface area contributed by atoms with Gasteiger partial charge in [-0.1, -0.05) is 31.9 Å². The Labute approximate surface area is 181 Å². The first-order chi connectivity index (χ1) is 12.8. The van der Waals surface area contributed by atoms with Crippen molar-refractivity contribution in [2.45, 2.75) is 32.2 Å². The quantitative estimate of drug-likeness (QED) is 0.241. The third-order valence-corrected chi connectivity index (χ3v) is 4.75. The second-order valence-corrected chi connectivity index (χ2v) is 6.52. The van der Waals surface area contributed by atoms with Gasteiger partial charge in [0.1, 0.15) is 5.75 Å². The van der Waals surface area contributed by atoms with Gasteiger partial charge in [-0.15, -0.1) is 24.0 Å². The SMILES string of the molecule is CCCCCNC(=NC)NCC(c1ccc(OC)cc1)N1CCOCC1.I. The van der Waals surface area contributed by atoms with Crippen LogP contribution in [0.2, 0.25) is 0 Å². The Morgan fingerprint density at radius 3 is 2.48 bits per heavy atom. The van der Waals surface area contributed by atoms with Crippen molar-refractivity contribution in [3.8, 4) is 5.75 Å². The number of hydrogen-bond donors (Lipinski definition) is 2. The molecule has 0 amide bonds. The summed E-state index contributed by atoms with van der Waals surface area (Å²) in [5.41, 5.74) is 1.28. The lowest BCUT2D eigenvalue weighted by molar-refractivity contribution is 0.0170. The Balaban J connectivity index is 0.00000364. The van der Waals surface area contributed by atoms with Gasteiger partial charge in [0, 0.05) is 33.2 Å². The largest absolute Gasteiger partial charge is 0.497 e. The molecule has 0 saturated carbocycles. The number of morpholine rings is 1. The first-order valence-corrected chi connectivity index (χ1v) is 9.68. The Hall–Kier alpha value is -1.06. The summed E-state index contributed by atoms with van der Waals surface area (Å²) in [4.78, 5) is 6.83. The van der Waals surface area contributed by atoms with Gasteiger partial charge < -0.3 is 20.1 Å². The number of rotatable bonds is 9. The number of hydrogen-bond acceptors (Lipinski definition) is 4. The number of ether oxygens (including phenoxy) is 2. The minimum atomic E-state index is 0. The molecule has 1 aromatic carbocycles. The average molecular weight is 490 g/mol. The fourth-order valence-corrected chi connectivity index (χ4v) is 3.17. The van der Waals surface area contributed by atoms with Crippen LogP contribution in [0, 0.1) is 0 Å². The second-order valence-electron chi connectivity index (χ2n) is 6.52. The summed E-state index contributed by atoms with van der Waals surface area (Å²) in [5.74, 6) is 1.75. The molecular weight excluding hydrogens is 455 g/mol. The van der Waals surface area contributed by atoms with Gasteiger partial charge in [0.2, 0.25) is 0 Å². The van der Waals surface area contributed by atoms with Gasteiger partial charge in [-0.25, -0.2) is 0 Å². The van der Waals surface area contributed by atoms with Crippen molar-refractivity contribution < 1.29 is 9.47 Å². The summed E-state index contributed by atoms with van der Waals surface area (Å²) in [6.45, 7) is 7.45. The molecule has 0 spiro atoms. The molecule has 1 saturated heterocycles. The molecule has 7 heteroatoms. The van der Waals surface area contributed by atoms with E-state index in [9.17, 15) is 0 Å². The number of methoxy groups -OCH3 is 1. The van der Waals surface area contributed by atoms with E-state index in [2.05, 4.69) is 39.6 Å². The first-order valence-electron chi connectivity index (χ1n) is 9.68.